The Hall–Kier alpha value is -5.36. The van der Waals surface area contributed by atoms with E-state index in [2.05, 4.69) is 51.3 Å². The maximum atomic E-state index is 13.3. The third-order valence-corrected chi connectivity index (χ3v) is 9.38. The standard InChI is InChI=1S/C36H36ClN7O6S/c1-20-21(2)51-35-32(20)33(24-9-11-26(37)12-10-24)41-29(34-43-42-22(3)44(34)35)18-31(47)39-16-6-8-30(46)40-27-13-14-28(25(17-27)7-5-15-38)36(48)50-19-49-23(4)45/h9-14,17,29H,6,8,15-16,18-19,38H2,1-4H3,(H,39,47)(H,40,46)/t29-/m0/s1. The van der Waals surface area contributed by atoms with Crippen LogP contribution in [0.5, 0.6) is 0 Å². The van der Waals surface area contributed by atoms with Crippen molar-refractivity contribution in [1.29, 1.82) is 0 Å². The Balaban J connectivity index is 1.22. The number of fused-ring (bicyclic) bond motifs is 3. The summed E-state index contributed by atoms with van der Waals surface area (Å²) >= 11 is 7.83. The van der Waals surface area contributed by atoms with Crippen molar-refractivity contribution in [1.82, 2.24) is 20.1 Å². The van der Waals surface area contributed by atoms with Crippen LogP contribution in [0.4, 0.5) is 5.69 Å². The zero-order valence-corrected chi connectivity index (χ0v) is 30.0. The SMILES string of the molecule is CC(=O)OCOC(=O)c1ccc(NC(=O)CCCNC(=O)C[C@@H]2N=C(c3ccc(Cl)cc3)c3c(sc(C)c3C)-n3c(C)nnc32)cc1C#CCN. The molecule has 15 heteroatoms. The highest BCUT2D eigenvalue weighted by molar-refractivity contribution is 7.15. The van der Waals surface area contributed by atoms with Gasteiger partial charge >= 0.3 is 11.9 Å². The van der Waals surface area contributed by atoms with Crippen molar-refractivity contribution in [2.24, 2.45) is 10.7 Å². The lowest BCUT2D eigenvalue weighted by molar-refractivity contribution is -0.149. The number of ether oxygens (including phenoxy) is 2. The number of aliphatic imine (C=N–C) groups is 1. The van der Waals surface area contributed by atoms with E-state index < -0.39 is 24.8 Å². The molecule has 13 nitrogen and oxygen atoms in total. The van der Waals surface area contributed by atoms with Gasteiger partial charge in [-0.1, -0.05) is 35.6 Å². The van der Waals surface area contributed by atoms with Gasteiger partial charge < -0.3 is 25.8 Å². The summed E-state index contributed by atoms with van der Waals surface area (Å²) < 4.78 is 11.6. The minimum absolute atomic E-state index is 0.0245. The number of anilines is 1. The van der Waals surface area contributed by atoms with Crippen LogP contribution >= 0.6 is 22.9 Å². The molecule has 0 fully saturated rings. The fourth-order valence-electron chi connectivity index (χ4n) is 5.37. The predicted molar refractivity (Wildman–Crippen MR) is 193 cm³/mol. The monoisotopic (exact) mass is 729 g/mol. The smallest absolute Gasteiger partial charge is 0.342 e. The summed E-state index contributed by atoms with van der Waals surface area (Å²) in [4.78, 5) is 55.7. The molecule has 0 saturated carbocycles. The van der Waals surface area contributed by atoms with Crippen molar-refractivity contribution in [3.05, 3.63) is 91.8 Å². The first kappa shape index (κ1) is 36.9. The van der Waals surface area contributed by atoms with Crippen LogP contribution in [0.15, 0.2) is 47.5 Å². The lowest BCUT2D eigenvalue weighted by atomic mass is 9.99. The highest BCUT2D eigenvalue weighted by Crippen LogP contribution is 2.39. The van der Waals surface area contributed by atoms with Crippen molar-refractivity contribution in [3.8, 4) is 16.8 Å². The Morgan fingerprint density at radius 1 is 1.04 bits per heavy atom. The molecule has 0 aliphatic carbocycles. The van der Waals surface area contributed by atoms with Crippen LogP contribution in [-0.2, 0) is 23.9 Å². The zero-order valence-electron chi connectivity index (χ0n) is 28.5. The van der Waals surface area contributed by atoms with E-state index in [9.17, 15) is 19.2 Å². The molecule has 51 heavy (non-hydrogen) atoms. The third kappa shape index (κ3) is 8.87. The minimum atomic E-state index is -0.751. The van der Waals surface area contributed by atoms with Gasteiger partial charge in [0, 0.05) is 52.2 Å². The molecule has 0 saturated heterocycles. The van der Waals surface area contributed by atoms with Gasteiger partial charge in [0.1, 0.15) is 16.9 Å². The number of hydrogen-bond acceptors (Lipinski definition) is 11. The van der Waals surface area contributed by atoms with Gasteiger partial charge in [0.2, 0.25) is 18.6 Å². The van der Waals surface area contributed by atoms with Crippen LogP contribution < -0.4 is 16.4 Å². The average molecular weight is 730 g/mol. The molecule has 0 unspecified atom stereocenters. The van der Waals surface area contributed by atoms with Gasteiger partial charge in [-0.2, -0.15) is 0 Å². The number of hydrogen-bond donors (Lipinski definition) is 3. The second-order valence-corrected chi connectivity index (χ2v) is 13.2. The fraction of sp³-hybridized carbons (Fsp3) is 0.306. The van der Waals surface area contributed by atoms with Crippen LogP contribution in [0.3, 0.4) is 0 Å². The number of rotatable bonds is 11. The molecule has 2 aromatic carbocycles. The van der Waals surface area contributed by atoms with E-state index in [-0.39, 0.29) is 48.9 Å². The van der Waals surface area contributed by atoms with Gasteiger partial charge in [0.15, 0.2) is 5.82 Å². The Bertz CT molecular complexity index is 2080. The number of nitrogens with zero attached hydrogens (tertiary/aromatic N) is 4. The number of carbonyl (C=O) groups excluding carboxylic acids is 4. The van der Waals surface area contributed by atoms with Crippen molar-refractivity contribution >= 4 is 58.1 Å². The second kappa shape index (κ2) is 16.6. The van der Waals surface area contributed by atoms with Crippen LogP contribution in [0.25, 0.3) is 5.00 Å². The van der Waals surface area contributed by atoms with Gasteiger partial charge in [-0.05, 0) is 63.1 Å². The largest absolute Gasteiger partial charge is 0.428 e. The lowest BCUT2D eigenvalue weighted by Crippen LogP contribution is -2.27. The van der Waals surface area contributed by atoms with Crippen LogP contribution in [0.2, 0.25) is 5.02 Å². The molecule has 2 amide bonds. The van der Waals surface area contributed by atoms with Crippen molar-refractivity contribution in [2.75, 3.05) is 25.2 Å². The molecular weight excluding hydrogens is 694 g/mol. The topological polar surface area (TPSA) is 180 Å². The maximum absolute atomic E-state index is 13.3. The van der Waals surface area contributed by atoms with Crippen LogP contribution in [-0.4, -0.2) is 64.1 Å². The van der Waals surface area contributed by atoms with Gasteiger partial charge in [-0.25, -0.2) is 4.79 Å². The molecule has 1 atom stereocenters. The molecule has 4 aromatic rings. The Morgan fingerprint density at radius 2 is 1.80 bits per heavy atom. The maximum Gasteiger partial charge on any atom is 0.342 e. The molecule has 1 aliphatic rings. The summed E-state index contributed by atoms with van der Waals surface area (Å²) in [6.45, 7) is 6.97. The number of aryl methyl sites for hydroxylation is 2. The molecule has 0 radical (unpaired) electrons. The molecule has 1 aliphatic heterocycles. The third-order valence-electron chi connectivity index (χ3n) is 7.94. The lowest BCUT2D eigenvalue weighted by Gasteiger charge is -2.13. The van der Waals surface area contributed by atoms with E-state index in [1.807, 2.05) is 35.8 Å². The predicted octanol–water partition coefficient (Wildman–Crippen LogP) is 4.71. The number of esters is 2. The van der Waals surface area contributed by atoms with Crippen LogP contribution in [0, 0.1) is 32.6 Å². The van der Waals surface area contributed by atoms with E-state index in [1.54, 1.807) is 11.3 Å². The summed E-state index contributed by atoms with van der Waals surface area (Å²) in [7, 11) is 0. The first-order valence-corrected chi connectivity index (χ1v) is 17.2. The highest BCUT2D eigenvalue weighted by Gasteiger charge is 2.32. The normalized spacial score (nSPS) is 13.1. The van der Waals surface area contributed by atoms with Crippen molar-refractivity contribution < 1.29 is 28.7 Å². The Kier molecular flexibility index (Phi) is 12.0. The first-order valence-electron chi connectivity index (χ1n) is 16.0. The molecule has 3 heterocycles. The van der Waals surface area contributed by atoms with Crippen molar-refractivity contribution in [2.45, 2.75) is 53.0 Å². The number of nitrogens with one attached hydrogen (secondary N) is 2. The number of thiophene rings is 1. The van der Waals surface area contributed by atoms with Gasteiger partial charge in [0.05, 0.1) is 24.2 Å². The number of benzene rings is 2. The van der Waals surface area contributed by atoms with Gasteiger partial charge in [-0.15, -0.1) is 21.5 Å². The van der Waals surface area contributed by atoms with E-state index in [0.29, 0.717) is 28.8 Å². The van der Waals surface area contributed by atoms with E-state index in [0.717, 1.165) is 32.3 Å². The fourth-order valence-corrected chi connectivity index (χ4v) is 6.71. The second-order valence-electron chi connectivity index (χ2n) is 11.6. The van der Waals surface area contributed by atoms with Crippen molar-refractivity contribution in [3.63, 3.8) is 0 Å². The molecule has 4 N–H and O–H groups in total. The van der Waals surface area contributed by atoms with E-state index >= 15 is 0 Å². The molecule has 0 spiro atoms. The Labute approximate surface area is 303 Å². The molecule has 0 bridgehead atoms. The van der Waals surface area contributed by atoms with Crippen LogP contribution in [0.1, 0.15) is 81.4 Å². The van der Waals surface area contributed by atoms with Gasteiger partial charge in [-0.3, -0.25) is 23.9 Å². The van der Waals surface area contributed by atoms with E-state index in [1.165, 1.54) is 25.1 Å². The molecule has 5 rings (SSSR count). The highest BCUT2D eigenvalue weighted by atomic mass is 35.5. The zero-order chi connectivity index (χ0) is 36.7. The number of nitrogens with two attached hydrogens (primary N) is 1. The summed E-state index contributed by atoms with van der Waals surface area (Å²) in [5, 5.41) is 16.0. The number of halogens is 1. The summed E-state index contributed by atoms with van der Waals surface area (Å²) in [5.74, 6) is 4.86. The number of amides is 2. The molecular formula is C36H36ClN7O6S. The molecule has 264 valence electrons. The summed E-state index contributed by atoms with van der Waals surface area (Å²) in [6, 6.07) is 11.4. The number of carbonyl (C=O) groups is 4. The first-order chi connectivity index (χ1) is 24.5. The average Bonchev–Trinajstić information content (AvgIpc) is 3.57. The summed E-state index contributed by atoms with van der Waals surface area (Å²) in [6.07, 6.45) is 0.508. The summed E-state index contributed by atoms with van der Waals surface area (Å²) in [5.41, 5.74) is 10.0. The van der Waals surface area contributed by atoms with E-state index in [4.69, 9.17) is 27.1 Å². The van der Waals surface area contributed by atoms with Gasteiger partial charge in [0.25, 0.3) is 0 Å². The quantitative estimate of drug-likeness (QED) is 0.0853. The molecule has 2 aromatic heterocycles. The number of aromatic nitrogens is 3. The minimum Gasteiger partial charge on any atom is -0.428 e. The Morgan fingerprint density at radius 3 is 2.53 bits per heavy atom.